The third kappa shape index (κ3) is 4.48. The Kier molecular flexibility index (Phi) is 6.02. The molecule has 1 amide bonds. The number of ether oxygens (including phenoxy) is 2. The van der Waals surface area contributed by atoms with Crippen LogP contribution in [-0.2, 0) is 17.6 Å². The third-order valence-electron chi connectivity index (χ3n) is 5.49. The first-order valence-electron chi connectivity index (χ1n) is 10.3. The highest BCUT2D eigenvalue weighted by Gasteiger charge is 2.26. The van der Waals surface area contributed by atoms with Crippen LogP contribution in [0.5, 0.6) is 11.5 Å². The van der Waals surface area contributed by atoms with Gasteiger partial charge in [-0.25, -0.2) is 4.68 Å². The van der Waals surface area contributed by atoms with Gasteiger partial charge in [-0.15, -0.1) is 0 Å². The summed E-state index contributed by atoms with van der Waals surface area (Å²) in [7, 11) is 1.64. The van der Waals surface area contributed by atoms with Gasteiger partial charge in [-0.2, -0.15) is 5.10 Å². The molecular formula is C24H27N3O3. The summed E-state index contributed by atoms with van der Waals surface area (Å²) in [5.74, 6) is 1.49. The van der Waals surface area contributed by atoms with Gasteiger partial charge in [0.15, 0.2) is 0 Å². The monoisotopic (exact) mass is 405 g/mol. The minimum atomic E-state index is -0.174. The fourth-order valence-electron chi connectivity index (χ4n) is 3.76. The maximum atomic E-state index is 12.6. The highest BCUT2D eigenvalue weighted by atomic mass is 16.5. The molecule has 3 aromatic rings. The molecule has 0 saturated carbocycles. The van der Waals surface area contributed by atoms with Crippen LogP contribution in [0.3, 0.4) is 0 Å². The molecule has 0 radical (unpaired) electrons. The lowest BCUT2D eigenvalue weighted by Crippen LogP contribution is -2.37. The van der Waals surface area contributed by atoms with E-state index in [9.17, 15) is 4.79 Å². The highest BCUT2D eigenvalue weighted by Crippen LogP contribution is 2.30. The second-order valence-corrected chi connectivity index (χ2v) is 7.60. The molecule has 1 atom stereocenters. The second kappa shape index (κ2) is 9.03. The molecule has 30 heavy (non-hydrogen) atoms. The largest absolute Gasteiger partial charge is 0.497 e. The molecule has 4 rings (SSSR count). The number of rotatable bonds is 7. The van der Waals surface area contributed by atoms with Gasteiger partial charge in [-0.05, 0) is 67.6 Å². The molecule has 1 aromatic heterocycles. The first-order chi connectivity index (χ1) is 14.6. The predicted molar refractivity (Wildman–Crippen MR) is 115 cm³/mol. The molecule has 6 heteroatoms. The molecule has 2 aromatic carbocycles. The summed E-state index contributed by atoms with van der Waals surface area (Å²) in [5.41, 5.74) is 4.30. The van der Waals surface area contributed by atoms with E-state index in [4.69, 9.17) is 9.47 Å². The summed E-state index contributed by atoms with van der Waals surface area (Å²) in [6.07, 6.45) is 4.48. The number of hydrogen-bond donors (Lipinski definition) is 1. The molecule has 1 aliphatic rings. The number of carbonyl (C=O) groups is 1. The van der Waals surface area contributed by atoms with E-state index in [1.165, 1.54) is 5.56 Å². The van der Waals surface area contributed by atoms with Crippen molar-refractivity contribution in [2.45, 2.75) is 26.2 Å². The first kappa shape index (κ1) is 20.0. The van der Waals surface area contributed by atoms with Crippen molar-refractivity contribution in [3.8, 4) is 17.2 Å². The summed E-state index contributed by atoms with van der Waals surface area (Å²) in [6.45, 7) is 3.07. The van der Waals surface area contributed by atoms with Crippen LogP contribution in [0.25, 0.3) is 5.69 Å². The molecule has 0 fully saturated rings. The van der Waals surface area contributed by atoms with Crippen molar-refractivity contribution in [3.05, 3.63) is 71.5 Å². The molecule has 0 saturated heterocycles. The van der Waals surface area contributed by atoms with Crippen LogP contribution < -0.4 is 14.8 Å². The number of hydrogen-bond acceptors (Lipinski definition) is 4. The Morgan fingerprint density at radius 3 is 2.90 bits per heavy atom. The number of benzene rings is 2. The maximum absolute atomic E-state index is 12.6. The molecule has 0 bridgehead atoms. The molecule has 0 spiro atoms. The number of methoxy groups -OCH3 is 1. The number of aryl methyl sites for hydroxylation is 2. The van der Waals surface area contributed by atoms with E-state index in [0.29, 0.717) is 19.6 Å². The van der Waals surface area contributed by atoms with Crippen molar-refractivity contribution in [3.63, 3.8) is 0 Å². The predicted octanol–water partition coefficient (Wildman–Crippen LogP) is 3.49. The quantitative estimate of drug-likeness (QED) is 0.611. The van der Waals surface area contributed by atoms with Crippen molar-refractivity contribution < 1.29 is 14.3 Å². The minimum absolute atomic E-state index is 0.0418. The average molecular weight is 405 g/mol. The number of nitrogens with zero attached hydrogens (tertiary/aromatic N) is 2. The number of aromatic nitrogens is 2. The lowest BCUT2D eigenvalue weighted by molar-refractivity contribution is -0.126. The smallest absolute Gasteiger partial charge is 0.226 e. The molecule has 2 heterocycles. The van der Waals surface area contributed by atoms with E-state index in [-0.39, 0.29) is 11.8 Å². The third-order valence-corrected chi connectivity index (χ3v) is 5.49. The summed E-state index contributed by atoms with van der Waals surface area (Å²) < 4.78 is 13.0. The van der Waals surface area contributed by atoms with Crippen LogP contribution in [0.4, 0.5) is 0 Å². The number of nitrogens with one attached hydrogen (secondary N) is 1. The van der Waals surface area contributed by atoms with E-state index >= 15 is 0 Å². The fourth-order valence-corrected chi connectivity index (χ4v) is 3.76. The van der Waals surface area contributed by atoms with E-state index < -0.39 is 0 Å². The van der Waals surface area contributed by atoms with Gasteiger partial charge in [-0.1, -0.05) is 18.2 Å². The van der Waals surface area contributed by atoms with Gasteiger partial charge in [-0.3, -0.25) is 4.79 Å². The van der Waals surface area contributed by atoms with Gasteiger partial charge in [0.1, 0.15) is 18.1 Å². The fraction of sp³-hybridized carbons (Fsp3) is 0.333. The second-order valence-electron chi connectivity index (χ2n) is 7.60. The summed E-state index contributed by atoms with van der Waals surface area (Å²) in [6, 6.07) is 15.8. The number of carbonyl (C=O) groups excluding carboxylic acids is 1. The topological polar surface area (TPSA) is 65.4 Å². The number of para-hydroxylation sites is 1. The normalized spacial score (nSPS) is 15.2. The molecule has 1 aliphatic heterocycles. The summed E-state index contributed by atoms with van der Waals surface area (Å²) in [4.78, 5) is 12.6. The Morgan fingerprint density at radius 1 is 1.27 bits per heavy atom. The van der Waals surface area contributed by atoms with Crippen molar-refractivity contribution >= 4 is 5.91 Å². The van der Waals surface area contributed by atoms with Crippen LogP contribution in [0, 0.1) is 12.8 Å². The van der Waals surface area contributed by atoms with Gasteiger partial charge >= 0.3 is 0 Å². The Labute approximate surface area is 176 Å². The van der Waals surface area contributed by atoms with Gasteiger partial charge in [0, 0.05) is 12.7 Å². The molecule has 6 nitrogen and oxygen atoms in total. The zero-order valence-electron chi connectivity index (χ0n) is 17.4. The standard InChI is InChI=1S/C24H27N3O3/c1-17-18(15-27(26-17)21-8-4-3-5-9-21)7-6-12-25-24(28)20-13-19-14-22(29-2)10-11-23(19)30-16-20/h3-5,8-11,14-15,20H,6-7,12-13,16H2,1-2H3,(H,25,28). The van der Waals surface area contributed by atoms with Crippen LogP contribution >= 0.6 is 0 Å². The van der Waals surface area contributed by atoms with Crippen LogP contribution in [0.2, 0.25) is 0 Å². The molecule has 0 aliphatic carbocycles. The SMILES string of the molecule is COc1ccc2c(c1)CC(C(=O)NCCCc1cn(-c3ccccc3)nc1C)CO2. The minimum Gasteiger partial charge on any atom is -0.497 e. The Balaban J connectivity index is 1.27. The lowest BCUT2D eigenvalue weighted by atomic mass is 9.95. The number of fused-ring (bicyclic) bond motifs is 1. The summed E-state index contributed by atoms with van der Waals surface area (Å²) >= 11 is 0. The van der Waals surface area contributed by atoms with Crippen LogP contribution in [0.1, 0.15) is 23.2 Å². The zero-order chi connectivity index (χ0) is 20.9. The van der Waals surface area contributed by atoms with Gasteiger partial charge in [0.2, 0.25) is 5.91 Å². The van der Waals surface area contributed by atoms with Crippen molar-refractivity contribution in [1.82, 2.24) is 15.1 Å². The number of amides is 1. The molecule has 1 N–H and O–H groups in total. The van der Waals surface area contributed by atoms with E-state index in [0.717, 1.165) is 41.3 Å². The molecular weight excluding hydrogens is 378 g/mol. The highest BCUT2D eigenvalue weighted by molar-refractivity contribution is 5.79. The maximum Gasteiger partial charge on any atom is 0.226 e. The average Bonchev–Trinajstić information content (AvgIpc) is 3.16. The lowest BCUT2D eigenvalue weighted by Gasteiger charge is -2.25. The molecule has 156 valence electrons. The van der Waals surface area contributed by atoms with Gasteiger partial charge in [0.25, 0.3) is 0 Å². The van der Waals surface area contributed by atoms with E-state index in [2.05, 4.69) is 16.6 Å². The van der Waals surface area contributed by atoms with Crippen molar-refractivity contribution in [2.24, 2.45) is 5.92 Å². The molecule has 1 unspecified atom stereocenters. The van der Waals surface area contributed by atoms with Crippen molar-refractivity contribution in [2.75, 3.05) is 20.3 Å². The zero-order valence-corrected chi connectivity index (χ0v) is 17.4. The Hall–Kier alpha value is -3.28. The van der Waals surface area contributed by atoms with Crippen LogP contribution in [-0.4, -0.2) is 35.9 Å². The van der Waals surface area contributed by atoms with Gasteiger partial charge < -0.3 is 14.8 Å². The van der Waals surface area contributed by atoms with Gasteiger partial charge in [0.05, 0.1) is 24.4 Å². The van der Waals surface area contributed by atoms with Crippen molar-refractivity contribution in [1.29, 1.82) is 0 Å². The first-order valence-corrected chi connectivity index (χ1v) is 10.3. The van der Waals surface area contributed by atoms with E-state index in [1.54, 1.807) is 7.11 Å². The Morgan fingerprint density at radius 2 is 2.10 bits per heavy atom. The van der Waals surface area contributed by atoms with Crippen LogP contribution in [0.15, 0.2) is 54.7 Å². The van der Waals surface area contributed by atoms with E-state index in [1.807, 2.05) is 60.1 Å². The summed E-state index contributed by atoms with van der Waals surface area (Å²) in [5, 5.41) is 7.67. The Bertz CT molecular complexity index is 1010.